The summed E-state index contributed by atoms with van der Waals surface area (Å²) in [4.78, 5) is 22.1. The van der Waals surface area contributed by atoms with E-state index in [4.69, 9.17) is 9.52 Å². The van der Waals surface area contributed by atoms with Crippen LogP contribution in [0.2, 0.25) is 0 Å². The van der Waals surface area contributed by atoms with Crippen molar-refractivity contribution in [3.8, 4) is 0 Å². The number of nitrogens with one attached hydrogen (secondary N) is 1. The monoisotopic (exact) mass is 211 g/mol. The number of carboxylic acids is 1. The molecule has 82 valence electrons. The number of amides is 1. The van der Waals surface area contributed by atoms with Crippen LogP contribution in [-0.2, 0) is 4.79 Å². The van der Waals surface area contributed by atoms with Gasteiger partial charge in [-0.25, -0.2) is 4.79 Å². The molecule has 0 fully saturated rings. The number of hydrogen-bond acceptors (Lipinski definition) is 3. The number of rotatable bonds is 4. The summed E-state index contributed by atoms with van der Waals surface area (Å²) < 4.78 is 5.07. The molecule has 0 spiro atoms. The maximum absolute atomic E-state index is 11.5. The summed E-state index contributed by atoms with van der Waals surface area (Å²) >= 11 is 0. The van der Waals surface area contributed by atoms with Crippen LogP contribution in [0.3, 0.4) is 0 Å². The molecule has 0 aliphatic carbocycles. The van der Waals surface area contributed by atoms with E-state index in [0.29, 0.717) is 12.2 Å². The largest absolute Gasteiger partial charge is 0.480 e. The van der Waals surface area contributed by atoms with Gasteiger partial charge in [0.25, 0.3) is 5.91 Å². The van der Waals surface area contributed by atoms with Gasteiger partial charge in [-0.15, -0.1) is 0 Å². The Morgan fingerprint density at radius 1 is 1.53 bits per heavy atom. The van der Waals surface area contributed by atoms with Crippen molar-refractivity contribution in [1.29, 1.82) is 0 Å². The fraction of sp³-hybridized carbons (Fsp3) is 0.400. The zero-order chi connectivity index (χ0) is 11.4. The van der Waals surface area contributed by atoms with E-state index >= 15 is 0 Å². The average Bonchev–Trinajstić information content (AvgIpc) is 2.60. The Morgan fingerprint density at radius 3 is 2.60 bits per heavy atom. The lowest BCUT2D eigenvalue weighted by atomic mass is 10.2. The van der Waals surface area contributed by atoms with Crippen molar-refractivity contribution in [1.82, 2.24) is 5.32 Å². The number of aliphatic carboxylic acids is 1. The third kappa shape index (κ3) is 2.83. The van der Waals surface area contributed by atoms with E-state index in [2.05, 4.69) is 5.32 Å². The first kappa shape index (κ1) is 11.3. The van der Waals surface area contributed by atoms with Gasteiger partial charge >= 0.3 is 5.97 Å². The van der Waals surface area contributed by atoms with Crippen molar-refractivity contribution in [2.45, 2.75) is 26.3 Å². The highest BCUT2D eigenvalue weighted by atomic mass is 16.4. The summed E-state index contributed by atoms with van der Waals surface area (Å²) in [5.41, 5.74) is 0. The minimum Gasteiger partial charge on any atom is -0.480 e. The number of carboxylic acid groups (broad SMARTS) is 1. The summed E-state index contributed by atoms with van der Waals surface area (Å²) in [5.74, 6) is -0.804. The Hall–Kier alpha value is -1.78. The molecule has 5 nitrogen and oxygen atoms in total. The van der Waals surface area contributed by atoms with Gasteiger partial charge in [-0.2, -0.15) is 0 Å². The fourth-order valence-corrected chi connectivity index (χ4v) is 1.12. The molecule has 1 atom stereocenters. The molecule has 2 N–H and O–H groups in total. The molecule has 1 rings (SSSR count). The molecular formula is C10H13NO4. The Labute approximate surface area is 87.1 Å². The second kappa shape index (κ2) is 4.63. The van der Waals surface area contributed by atoms with Gasteiger partial charge in [0.15, 0.2) is 5.76 Å². The Kier molecular flexibility index (Phi) is 3.49. The summed E-state index contributed by atoms with van der Waals surface area (Å²) in [7, 11) is 0. The molecule has 0 saturated carbocycles. The topological polar surface area (TPSA) is 79.5 Å². The minimum atomic E-state index is -1.05. The molecule has 0 aromatic carbocycles. The minimum absolute atomic E-state index is 0.132. The van der Waals surface area contributed by atoms with Crippen molar-refractivity contribution in [3.05, 3.63) is 23.7 Å². The summed E-state index contributed by atoms with van der Waals surface area (Å²) in [5, 5.41) is 11.1. The fourth-order valence-electron chi connectivity index (χ4n) is 1.12. The lowest BCUT2D eigenvalue weighted by Gasteiger charge is -2.10. The normalized spacial score (nSPS) is 12.1. The maximum Gasteiger partial charge on any atom is 0.326 e. The van der Waals surface area contributed by atoms with Crippen LogP contribution in [0.1, 0.15) is 29.7 Å². The SMILES string of the molecule is CC[C@@H](NC(=O)c1ccc(C)o1)C(=O)O. The van der Waals surface area contributed by atoms with E-state index in [9.17, 15) is 9.59 Å². The Balaban J connectivity index is 2.66. The summed E-state index contributed by atoms with van der Waals surface area (Å²) in [6.45, 7) is 3.40. The molecule has 1 aromatic rings. The molecule has 1 amide bonds. The van der Waals surface area contributed by atoms with Gasteiger partial charge in [-0.3, -0.25) is 4.79 Å². The van der Waals surface area contributed by atoms with E-state index in [1.165, 1.54) is 6.07 Å². The third-order valence-corrected chi connectivity index (χ3v) is 1.98. The molecule has 5 heteroatoms. The summed E-state index contributed by atoms with van der Waals surface area (Å²) in [6, 6.07) is 2.29. The van der Waals surface area contributed by atoms with Crippen molar-refractivity contribution >= 4 is 11.9 Å². The van der Waals surface area contributed by atoms with E-state index in [-0.39, 0.29) is 5.76 Å². The number of hydrogen-bond donors (Lipinski definition) is 2. The average molecular weight is 211 g/mol. The van der Waals surface area contributed by atoms with Gasteiger partial charge in [0.2, 0.25) is 0 Å². The first-order valence-electron chi connectivity index (χ1n) is 4.64. The molecule has 0 saturated heterocycles. The standard InChI is InChI=1S/C10H13NO4/c1-3-7(10(13)14)11-9(12)8-5-4-6(2)15-8/h4-5,7H,3H2,1-2H3,(H,11,12)(H,13,14)/t7-/m1/s1. The van der Waals surface area contributed by atoms with Crippen LogP contribution in [0.25, 0.3) is 0 Å². The molecule has 0 radical (unpaired) electrons. The molecule has 0 bridgehead atoms. The first-order valence-corrected chi connectivity index (χ1v) is 4.64. The smallest absolute Gasteiger partial charge is 0.326 e. The van der Waals surface area contributed by atoms with Crippen LogP contribution in [0, 0.1) is 6.92 Å². The molecule has 0 aliphatic rings. The van der Waals surface area contributed by atoms with Gasteiger partial charge in [0, 0.05) is 0 Å². The number of furan rings is 1. The lowest BCUT2D eigenvalue weighted by Crippen LogP contribution is -2.40. The quantitative estimate of drug-likeness (QED) is 0.783. The second-order valence-corrected chi connectivity index (χ2v) is 3.18. The van der Waals surface area contributed by atoms with Gasteiger partial charge in [0.1, 0.15) is 11.8 Å². The van der Waals surface area contributed by atoms with Crippen molar-refractivity contribution in [2.24, 2.45) is 0 Å². The number of carbonyl (C=O) groups excluding carboxylic acids is 1. The second-order valence-electron chi connectivity index (χ2n) is 3.18. The molecule has 1 heterocycles. The van der Waals surface area contributed by atoms with Crippen LogP contribution in [0.15, 0.2) is 16.5 Å². The molecule has 15 heavy (non-hydrogen) atoms. The zero-order valence-electron chi connectivity index (χ0n) is 8.61. The third-order valence-electron chi connectivity index (χ3n) is 1.98. The van der Waals surface area contributed by atoms with E-state index in [1.807, 2.05) is 0 Å². The van der Waals surface area contributed by atoms with E-state index < -0.39 is 17.9 Å². The first-order chi connectivity index (χ1) is 7.04. The van der Waals surface area contributed by atoms with Crippen LogP contribution < -0.4 is 5.32 Å². The predicted molar refractivity (Wildman–Crippen MR) is 52.6 cm³/mol. The van der Waals surface area contributed by atoms with Gasteiger partial charge in [-0.1, -0.05) is 6.92 Å². The molecule has 0 aliphatic heterocycles. The number of carbonyl (C=O) groups is 2. The van der Waals surface area contributed by atoms with E-state index in [0.717, 1.165) is 0 Å². The molecule has 1 aromatic heterocycles. The van der Waals surface area contributed by atoms with Crippen LogP contribution >= 0.6 is 0 Å². The van der Waals surface area contributed by atoms with E-state index in [1.54, 1.807) is 19.9 Å². The lowest BCUT2D eigenvalue weighted by molar-refractivity contribution is -0.139. The Morgan fingerprint density at radius 2 is 2.20 bits per heavy atom. The molecular weight excluding hydrogens is 198 g/mol. The van der Waals surface area contributed by atoms with Crippen LogP contribution in [0.4, 0.5) is 0 Å². The number of aryl methyl sites for hydroxylation is 1. The Bertz CT molecular complexity index is 369. The van der Waals surface area contributed by atoms with Crippen molar-refractivity contribution in [2.75, 3.05) is 0 Å². The highest BCUT2D eigenvalue weighted by Crippen LogP contribution is 2.06. The van der Waals surface area contributed by atoms with Gasteiger partial charge < -0.3 is 14.8 Å². The highest BCUT2D eigenvalue weighted by Gasteiger charge is 2.19. The van der Waals surface area contributed by atoms with Crippen molar-refractivity contribution in [3.63, 3.8) is 0 Å². The van der Waals surface area contributed by atoms with Gasteiger partial charge in [-0.05, 0) is 25.5 Å². The van der Waals surface area contributed by atoms with Gasteiger partial charge in [0.05, 0.1) is 0 Å². The van der Waals surface area contributed by atoms with Crippen LogP contribution in [-0.4, -0.2) is 23.0 Å². The molecule has 0 unspecified atom stereocenters. The van der Waals surface area contributed by atoms with Crippen LogP contribution in [0.5, 0.6) is 0 Å². The highest BCUT2D eigenvalue weighted by molar-refractivity contribution is 5.94. The zero-order valence-corrected chi connectivity index (χ0v) is 8.61. The van der Waals surface area contributed by atoms with Crippen molar-refractivity contribution < 1.29 is 19.1 Å². The maximum atomic E-state index is 11.5. The summed E-state index contributed by atoms with van der Waals surface area (Å²) in [6.07, 6.45) is 0.334. The predicted octanol–water partition coefficient (Wildman–Crippen LogP) is 1.18.